The van der Waals surface area contributed by atoms with Gasteiger partial charge < -0.3 is 39.4 Å². The van der Waals surface area contributed by atoms with Crippen molar-refractivity contribution in [2.75, 3.05) is 26.9 Å². The number of benzene rings is 1. The molecule has 27 heavy (non-hydrogen) atoms. The molecule has 156 valence electrons. The van der Waals surface area contributed by atoms with E-state index in [4.69, 9.17) is 33.8 Å². The van der Waals surface area contributed by atoms with Crippen LogP contribution in [0.1, 0.15) is 41.5 Å². The third-order valence-corrected chi connectivity index (χ3v) is 5.95. The molecule has 4 nitrogen and oxygen atoms in total. The van der Waals surface area contributed by atoms with Crippen LogP contribution in [0.4, 0.5) is 0 Å². The average Bonchev–Trinajstić information content (AvgIpc) is 2.61. The Labute approximate surface area is 195 Å². The van der Waals surface area contributed by atoms with Crippen molar-refractivity contribution in [2.45, 2.75) is 41.5 Å². The second-order valence-corrected chi connectivity index (χ2v) is 12.6. The number of methoxy groups -OCH3 is 1. The van der Waals surface area contributed by atoms with E-state index in [1.165, 1.54) is 0 Å². The predicted molar refractivity (Wildman–Crippen MR) is 120 cm³/mol. The Hall–Kier alpha value is 0.848. The zero-order valence-corrected chi connectivity index (χ0v) is 22.6. The standard InChI is InChI=1S/C11H17O2PS2.2C4H9O.Sb/c1-9(2)8-13-14(15,16)11-6-4-10(12-3)5-7-11;2*1-4(2)3-5;/h4-7,9H,8H2,1-3H3,(H,15,16);2*4H,3H2,1-2H3;/q;2*-1;+3/p-1. The molecule has 1 aromatic rings. The van der Waals surface area contributed by atoms with Gasteiger partial charge in [0.1, 0.15) is 5.75 Å². The van der Waals surface area contributed by atoms with E-state index in [1.54, 1.807) is 7.11 Å². The van der Waals surface area contributed by atoms with Crippen molar-refractivity contribution in [1.82, 2.24) is 0 Å². The monoisotopic (exact) mass is 542 g/mol. The molecule has 0 spiro atoms. The quantitative estimate of drug-likeness (QED) is 0.299. The van der Waals surface area contributed by atoms with Crippen molar-refractivity contribution < 1.29 is 19.5 Å². The molecule has 1 rings (SSSR count). The summed E-state index contributed by atoms with van der Waals surface area (Å²) in [5.41, 5.74) is 0. The molecule has 0 aliphatic heterocycles. The van der Waals surface area contributed by atoms with Gasteiger partial charge in [0.2, 0.25) is 0 Å². The molecule has 0 saturated heterocycles. The minimum atomic E-state index is -2.27. The molecule has 0 bridgehead atoms. The first-order chi connectivity index (χ1) is 12.0. The van der Waals surface area contributed by atoms with Crippen LogP contribution < -0.4 is 20.3 Å². The number of hydrogen-bond acceptors (Lipinski definition) is 6. The maximum Gasteiger partial charge on any atom is 3.00 e. The van der Waals surface area contributed by atoms with E-state index in [-0.39, 0.29) is 37.6 Å². The van der Waals surface area contributed by atoms with Gasteiger partial charge in [-0.3, -0.25) is 4.52 Å². The Morgan fingerprint density at radius 3 is 1.48 bits per heavy atom. The summed E-state index contributed by atoms with van der Waals surface area (Å²) in [6, 6.07) is 7.52. The van der Waals surface area contributed by atoms with Gasteiger partial charge in [0.15, 0.2) is 0 Å². The maximum atomic E-state index is 9.63. The first kappa shape index (κ1) is 32.5. The Morgan fingerprint density at radius 1 is 0.852 bits per heavy atom. The fourth-order valence-corrected chi connectivity index (χ4v) is 3.34. The van der Waals surface area contributed by atoms with Crippen LogP contribution in [-0.2, 0) is 29.0 Å². The zero-order chi connectivity index (χ0) is 20.8. The summed E-state index contributed by atoms with van der Waals surface area (Å²) < 4.78 is 10.7. The van der Waals surface area contributed by atoms with Crippen molar-refractivity contribution in [3.63, 3.8) is 0 Å². The van der Waals surface area contributed by atoms with Crippen LogP contribution in [0.25, 0.3) is 0 Å². The van der Waals surface area contributed by atoms with E-state index in [1.807, 2.05) is 52.0 Å². The molecule has 0 amide bonds. The van der Waals surface area contributed by atoms with Crippen molar-refractivity contribution in [3.05, 3.63) is 24.3 Å². The number of rotatable bonds is 7. The first-order valence-corrected chi connectivity index (χ1v) is 12.5. The van der Waals surface area contributed by atoms with E-state index in [2.05, 4.69) is 13.8 Å². The maximum absolute atomic E-state index is 9.63. The number of hydrogen-bond donors (Lipinski definition) is 0. The second-order valence-electron chi connectivity index (χ2n) is 7.01. The average molecular weight is 543 g/mol. The summed E-state index contributed by atoms with van der Waals surface area (Å²) in [5, 5.41) is 20.2. The summed E-state index contributed by atoms with van der Waals surface area (Å²) in [4.78, 5) is 0. The van der Waals surface area contributed by atoms with E-state index in [9.17, 15) is 10.2 Å². The van der Waals surface area contributed by atoms with E-state index < -0.39 is 5.89 Å². The topological polar surface area (TPSA) is 64.6 Å². The minimum absolute atomic E-state index is 0. The molecule has 0 saturated carbocycles. The van der Waals surface area contributed by atoms with E-state index in [0.29, 0.717) is 24.4 Å². The molecule has 0 N–H and O–H groups in total. The molecular formula is C19H34O4PS2Sb. The summed E-state index contributed by atoms with van der Waals surface area (Å²) >= 11 is 10.7. The van der Waals surface area contributed by atoms with Gasteiger partial charge in [-0.25, -0.2) is 0 Å². The van der Waals surface area contributed by atoms with Crippen LogP contribution in [0, 0.1) is 17.8 Å². The van der Waals surface area contributed by atoms with Crippen molar-refractivity contribution in [3.8, 4) is 5.75 Å². The van der Waals surface area contributed by atoms with Gasteiger partial charge in [-0.05, 0) is 30.2 Å². The minimum Gasteiger partial charge on any atom is -0.854 e. The summed E-state index contributed by atoms with van der Waals surface area (Å²) in [6.07, 6.45) is 0. The molecule has 0 heterocycles. The Morgan fingerprint density at radius 2 is 1.22 bits per heavy atom. The summed E-state index contributed by atoms with van der Waals surface area (Å²) in [6.45, 7) is 12.5. The van der Waals surface area contributed by atoms with Crippen LogP contribution >= 0.6 is 5.89 Å². The van der Waals surface area contributed by atoms with Gasteiger partial charge in [-0.15, -0.1) is 13.2 Å². The molecule has 8 heteroatoms. The third-order valence-electron chi connectivity index (χ3n) is 2.63. The van der Waals surface area contributed by atoms with Gasteiger partial charge in [0, 0.05) is 0 Å². The van der Waals surface area contributed by atoms with Crippen molar-refractivity contribution in [1.29, 1.82) is 0 Å². The van der Waals surface area contributed by atoms with Gasteiger partial charge in [0.05, 0.1) is 19.0 Å². The molecule has 1 aromatic carbocycles. The summed E-state index contributed by atoms with van der Waals surface area (Å²) in [5.74, 6) is -0.360. The van der Waals surface area contributed by atoms with Crippen molar-refractivity contribution in [2.24, 2.45) is 17.8 Å². The molecule has 0 fully saturated rings. The molecule has 0 aromatic heterocycles. The predicted octanol–water partition coefficient (Wildman–Crippen LogP) is 2.47. The van der Waals surface area contributed by atoms with E-state index >= 15 is 0 Å². The second kappa shape index (κ2) is 18.9. The van der Waals surface area contributed by atoms with Gasteiger partial charge in [-0.1, -0.05) is 59.3 Å². The van der Waals surface area contributed by atoms with Crippen molar-refractivity contribution >= 4 is 60.1 Å². The molecule has 2 radical (unpaired) electrons. The van der Waals surface area contributed by atoms with E-state index in [0.717, 1.165) is 11.1 Å². The molecule has 0 atom stereocenters. The molecule has 0 aliphatic rings. The zero-order valence-electron chi connectivity index (χ0n) is 17.5. The first-order valence-electron chi connectivity index (χ1n) is 8.76. The Balaban J connectivity index is -0.000000436. The molecular weight excluding hydrogens is 509 g/mol. The molecule has 0 unspecified atom stereocenters. The fraction of sp³-hybridized carbons (Fsp3) is 0.684. The fourth-order valence-electron chi connectivity index (χ4n) is 1.09. The summed E-state index contributed by atoms with van der Waals surface area (Å²) in [7, 11) is 1.63. The molecule has 0 aliphatic carbocycles. The Bertz CT molecular complexity index is 436. The van der Waals surface area contributed by atoms with Crippen LogP contribution in [-0.4, -0.2) is 51.4 Å². The van der Waals surface area contributed by atoms with Crippen LogP contribution in [0.5, 0.6) is 5.75 Å². The van der Waals surface area contributed by atoms with Gasteiger partial charge in [-0.2, -0.15) is 0 Å². The number of ether oxygens (including phenoxy) is 1. The SMILES string of the molecule is CC(C)C[O-].CC(C)C[O-].COc1ccc([P+]([S-])([S-])OCC(C)C)cc1.[Sb+3]. The van der Waals surface area contributed by atoms with Crippen LogP contribution in [0.15, 0.2) is 24.3 Å². The van der Waals surface area contributed by atoms with Crippen LogP contribution in [0.3, 0.4) is 0 Å². The van der Waals surface area contributed by atoms with Gasteiger partial charge in [0.25, 0.3) is 0 Å². The largest absolute Gasteiger partial charge is 3.00 e. The van der Waals surface area contributed by atoms with Gasteiger partial charge >= 0.3 is 24.4 Å². The third kappa shape index (κ3) is 19.9. The Kier molecular flexibility index (Phi) is 22.7. The van der Waals surface area contributed by atoms with Crippen LogP contribution in [0.2, 0.25) is 0 Å². The smallest absolute Gasteiger partial charge is 0.854 e. The normalized spacial score (nSPS) is 10.6.